The molecule has 2 N–H and O–H groups in total. The zero-order valence-electron chi connectivity index (χ0n) is 11.1. The number of aryl methyl sites for hydroxylation is 2. The quantitative estimate of drug-likeness (QED) is 0.815. The van der Waals surface area contributed by atoms with Crippen LogP contribution in [0, 0.1) is 19.7 Å². The van der Waals surface area contributed by atoms with Gasteiger partial charge in [-0.25, -0.2) is 9.18 Å². The van der Waals surface area contributed by atoms with Crippen LogP contribution in [0.25, 0.3) is 0 Å². The topological polar surface area (TPSA) is 49.3 Å². The molecule has 0 aliphatic heterocycles. The molecule has 18 heavy (non-hydrogen) atoms. The van der Waals surface area contributed by atoms with E-state index in [1.165, 1.54) is 0 Å². The Morgan fingerprint density at radius 2 is 1.94 bits per heavy atom. The molecule has 1 atom stereocenters. The summed E-state index contributed by atoms with van der Waals surface area (Å²) in [4.78, 5) is 11.1. The van der Waals surface area contributed by atoms with E-state index in [1.807, 2.05) is 6.92 Å². The molecule has 4 heteroatoms. The van der Waals surface area contributed by atoms with Gasteiger partial charge in [-0.2, -0.15) is 0 Å². The van der Waals surface area contributed by atoms with Gasteiger partial charge in [0.15, 0.2) is 0 Å². The van der Waals surface area contributed by atoms with Crippen LogP contribution in [0.15, 0.2) is 12.1 Å². The summed E-state index contributed by atoms with van der Waals surface area (Å²) in [5.41, 5.74) is 1.71. The Labute approximate surface area is 107 Å². The fourth-order valence-corrected chi connectivity index (χ4v) is 1.90. The number of rotatable bonds is 6. The molecule has 100 valence electrons. The van der Waals surface area contributed by atoms with Gasteiger partial charge in [-0.15, -0.1) is 0 Å². The first-order chi connectivity index (χ1) is 8.45. The Morgan fingerprint density at radius 3 is 2.39 bits per heavy atom. The van der Waals surface area contributed by atoms with Gasteiger partial charge in [-0.3, -0.25) is 0 Å². The normalized spacial score (nSPS) is 12.2. The molecule has 0 unspecified atom stereocenters. The summed E-state index contributed by atoms with van der Waals surface area (Å²) in [5.74, 6) is -1.11. The van der Waals surface area contributed by atoms with Crippen LogP contribution in [0.5, 0.6) is 0 Å². The molecule has 0 heterocycles. The molecule has 0 spiro atoms. The van der Waals surface area contributed by atoms with Crippen molar-refractivity contribution in [1.82, 2.24) is 0 Å². The number of anilines is 1. The molecule has 1 aromatic carbocycles. The van der Waals surface area contributed by atoms with E-state index in [1.54, 1.807) is 26.0 Å². The fourth-order valence-electron chi connectivity index (χ4n) is 1.90. The lowest BCUT2D eigenvalue weighted by Crippen LogP contribution is -2.29. The number of aliphatic carboxylic acids is 1. The Morgan fingerprint density at radius 1 is 1.39 bits per heavy atom. The Bertz CT molecular complexity index is 409. The van der Waals surface area contributed by atoms with Crippen LogP contribution in [0.4, 0.5) is 10.1 Å². The first-order valence-corrected chi connectivity index (χ1v) is 6.21. The number of nitrogens with one attached hydrogen (secondary N) is 1. The van der Waals surface area contributed by atoms with Crippen LogP contribution >= 0.6 is 0 Å². The molecule has 0 saturated carbocycles. The van der Waals surface area contributed by atoms with Crippen LogP contribution in [0.2, 0.25) is 0 Å². The van der Waals surface area contributed by atoms with Crippen molar-refractivity contribution < 1.29 is 14.3 Å². The van der Waals surface area contributed by atoms with Crippen LogP contribution in [0.3, 0.4) is 0 Å². The minimum atomic E-state index is -0.872. The Kier molecular flexibility index (Phi) is 5.13. The van der Waals surface area contributed by atoms with Crippen molar-refractivity contribution in [2.24, 2.45) is 0 Å². The third kappa shape index (κ3) is 3.72. The van der Waals surface area contributed by atoms with Crippen LogP contribution in [-0.4, -0.2) is 17.1 Å². The molecule has 1 aromatic rings. The van der Waals surface area contributed by atoms with Gasteiger partial charge in [0, 0.05) is 5.69 Å². The average molecular weight is 253 g/mol. The summed E-state index contributed by atoms with van der Waals surface area (Å²) in [6.07, 6.45) is 2.37. The lowest BCUT2D eigenvalue weighted by Gasteiger charge is -2.16. The average Bonchev–Trinajstić information content (AvgIpc) is 2.30. The van der Waals surface area contributed by atoms with Gasteiger partial charge in [-0.05, 0) is 43.5 Å². The predicted molar refractivity (Wildman–Crippen MR) is 70.4 cm³/mol. The summed E-state index contributed by atoms with van der Waals surface area (Å²) in [7, 11) is 0. The van der Waals surface area contributed by atoms with Crippen molar-refractivity contribution in [3.63, 3.8) is 0 Å². The number of halogens is 1. The second-order valence-electron chi connectivity index (χ2n) is 4.60. The summed E-state index contributed by atoms with van der Waals surface area (Å²) in [6.45, 7) is 5.37. The number of carboxylic acids is 1. The highest BCUT2D eigenvalue weighted by atomic mass is 19.1. The second kappa shape index (κ2) is 6.38. The molecule has 0 fully saturated rings. The molecular formula is C14H20FNO2. The van der Waals surface area contributed by atoms with Crippen LogP contribution < -0.4 is 5.32 Å². The summed E-state index contributed by atoms with van der Waals surface area (Å²) in [6, 6.07) is 2.67. The lowest BCUT2D eigenvalue weighted by atomic mass is 10.1. The molecule has 0 saturated heterocycles. The van der Waals surface area contributed by atoms with Gasteiger partial charge in [0.05, 0.1) is 0 Å². The summed E-state index contributed by atoms with van der Waals surface area (Å²) < 4.78 is 13.5. The maximum atomic E-state index is 13.5. The van der Waals surface area contributed by atoms with E-state index in [2.05, 4.69) is 5.32 Å². The summed E-state index contributed by atoms with van der Waals surface area (Å²) in [5, 5.41) is 12.1. The van der Waals surface area contributed by atoms with Gasteiger partial charge in [0.25, 0.3) is 0 Å². The smallest absolute Gasteiger partial charge is 0.326 e. The van der Waals surface area contributed by atoms with Crippen LogP contribution in [-0.2, 0) is 4.79 Å². The third-order valence-electron chi connectivity index (χ3n) is 2.92. The van der Waals surface area contributed by atoms with E-state index in [0.717, 1.165) is 12.8 Å². The first-order valence-electron chi connectivity index (χ1n) is 6.21. The van der Waals surface area contributed by atoms with Gasteiger partial charge in [-0.1, -0.05) is 19.8 Å². The van der Waals surface area contributed by atoms with Gasteiger partial charge in [0.2, 0.25) is 0 Å². The van der Waals surface area contributed by atoms with Crippen molar-refractivity contribution in [2.45, 2.75) is 46.1 Å². The number of hydrogen-bond donors (Lipinski definition) is 2. The van der Waals surface area contributed by atoms with E-state index in [4.69, 9.17) is 5.11 Å². The van der Waals surface area contributed by atoms with Crippen molar-refractivity contribution >= 4 is 11.7 Å². The van der Waals surface area contributed by atoms with Gasteiger partial charge >= 0.3 is 5.97 Å². The second-order valence-corrected chi connectivity index (χ2v) is 4.60. The maximum absolute atomic E-state index is 13.5. The van der Waals surface area contributed by atoms with Crippen molar-refractivity contribution in [3.05, 3.63) is 29.1 Å². The third-order valence-corrected chi connectivity index (χ3v) is 2.92. The minimum absolute atomic E-state index is 0.235. The molecule has 3 nitrogen and oxygen atoms in total. The predicted octanol–water partition coefficient (Wildman–Crippen LogP) is 3.50. The van der Waals surface area contributed by atoms with Crippen LogP contribution in [0.1, 0.15) is 37.3 Å². The van der Waals surface area contributed by atoms with E-state index in [-0.39, 0.29) is 5.82 Å². The van der Waals surface area contributed by atoms with E-state index >= 15 is 0 Å². The number of carbonyl (C=O) groups is 1. The minimum Gasteiger partial charge on any atom is -0.480 e. The molecule has 0 amide bonds. The first kappa shape index (κ1) is 14.5. The highest BCUT2D eigenvalue weighted by Crippen LogP contribution is 2.20. The molecule has 0 radical (unpaired) electrons. The summed E-state index contributed by atoms with van der Waals surface area (Å²) >= 11 is 0. The SMILES string of the molecule is CCCC[C@@H](Nc1cc(C)c(F)c(C)c1)C(=O)O. The lowest BCUT2D eigenvalue weighted by molar-refractivity contribution is -0.138. The van der Waals surface area contributed by atoms with Crippen molar-refractivity contribution in [2.75, 3.05) is 5.32 Å². The van der Waals surface area contributed by atoms with E-state index in [9.17, 15) is 9.18 Å². The monoisotopic (exact) mass is 253 g/mol. The molecule has 0 aliphatic carbocycles. The van der Waals surface area contributed by atoms with Gasteiger partial charge in [0.1, 0.15) is 11.9 Å². The highest BCUT2D eigenvalue weighted by Gasteiger charge is 2.17. The largest absolute Gasteiger partial charge is 0.480 e. The number of carboxylic acid groups (broad SMARTS) is 1. The molecule has 0 bridgehead atoms. The van der Waals surface area contributed by atoms with E-state index in [0.29, 0.717) is 23.2 Å². The fraction of sp³-hybridized carbons (Fsp3) is 0.500. The van der Waals surface area contributed by atoms with Crippen molar-refractivity contribution in [1.29, 1.82) is 0 Å². The highest BCUT2D eigenvalue weighted by molar-refractivity contribution is 5.77. The molecule has 1 rings (SSSR count). The standard InChI is InChI=1S/C14H20FNO2/c1-4-5-6-12(14(17)18)16-11-7-9(2)13(15)10(3)8-11/h7-8,12,16H,4-6H2,1-3H3,(H,17,18)/t12-/m1/s1. The van der Waals surface area contributed by atoms with Crippen molar-refractivity contribution in [3.8, 4) is 0 Å². The maximum Gasteiger partial charge on any atom is 0.326 e. The Balaban J connectivity index is 2.84. The molecule has 0 aliphatic rings. The number of hydrogen-bond acceptors (Lipinski definition) is 2. The van der Waals surface area contributed by atoms with Gasteiger partial charge < -0.3 is 10.4 Å². The number of unbranched alkanes of at least 4 members (excludes halogenated alkanes) is 1. The van der Waals surface area contributed by atoms with E-state index < -0.39 is 12.0 Å². The molecular weight excluding hydrogens is 233 g/mol. The molecule has 0 aromatic heterocycles. The Hall–Kier alpha value is -1.58. The zero-order chi connectivity index (χ0) is 13.7. The number of benzene rings is 1. The zero-order valence-corrected chi connectivity index (χ0v) is 11.1.